The molecule has 4 heterocycles. The van der Waals surface area contributed by atoms with Crippen LogP contribution in [-0.4, -0.2) is 295 Å². The Kier molecular flexibility index (Phi) is 40.9. The van der Waals surface area contributed by atoms with Crippen LogP contribution in [0, 0.1) is 40.1 Å². The number of nitrogens with zero attached hydrogens (tertiary/aromatic N) is 1. The number of aromatic carboxylic acids is 1. The van der Waals surface area contributed by atoms with E-state index in [2.05, 4.69) is 61.1 Å². The smallest absolute Gasteiger partial charge is 0.411 e. The maximum Gasteiger partial charge on any atom is 0.411 e. The number of fused-ring (bicyclic) bond motifs is 2. The Morgan fingerprint density at radius 2 is 1.47 bits per heavy atom. The monoisotopic (exact) mass is 2020 g/mol. The number of nitrogens with one attached hydrogen (secondary N) is 7. The van der Waals surface area contributed by atoms with Crippen LogP contribution >= 0.6 is 55.9 Å². The lowest BCUT2D eigenvalue weighted by molar-refractivity contribution is -0.337. The molecule has 40 nitrogen and oxygen atoms in total. The number of aliphatic hydroxyl groups excluding tert-OH is 4. The Bertz CT molecular complexity index is 4790. The lowest BCUT2D eigenvalue weighted by Gasteiger charge is -2.47. The molecule has 0 unspecified atom stereocenters. The van der Waals surface area contributed by atoms with E-state index in [-0.39, 0.29) is 109 Å². The summed E-state index contributed by atoms with van der Waals surface area (Å²) in [6.07, 6.45) is -16.9. The van der Waals surface area contributed by atoms with Gasteiger partial charge in [-0.05, 0) is 149 Å². The number of Topliss-reactive ketones (excluding diaryl/α,β-unsaturated/α-hetero) is 1. The number of rotatable bonds is 41. The molecule has 6 aliphatic rings. The van der Waals surface area contributed by atoms with Crippen LogP contribution in [0.5, 0.6) is 17.2 Å². The highest BCUT2D eigenvalue weighted by Crippen LogP contribution is 2.50. The van der Waals surface area contributed by atoms with Gasteiger partial charge < -0.3 is 135 Å². The summed E-state index contributed by atoms with van der Waals surface area (Å²) in [5.41, 5.74) is 12.0. The van der Waals surface area contributed by atoms with Gasteiger partial charge in [-0.25, -0.2) is 19.2 Å². The molecule has 2 bridgehead atoms. The SMILES string of the molecule is CCN(C(=O)OCc1ccc(NC(=O)[C@H](CCCNC(N)=O)NC(=O)[C@@H](NC(=O)[C@H](CCCCN)NC(C)=O)C(C)C)cc1)[C@H]1CO[C@@H](O[C@H]2[C@H](O[C@H]3C#CC=CC#C[C@]4(O)CC(=O)C(NC(=O)OC)=C3/C4=C\CSSc3ccccc3C(=O)O)O[C@H](C)[C@@H](NO[C@H]3C[C@H](O)[C@H](SC(=O)c4c(C)c(I)c(O[C@@H]5O[C@@H](C)[C@H](O)[C@@H](OC)[C@H]5O)c(OC)c4OC)[C@@H](C)O3)[C@@H]2O)C[C@@H]1OC. The second kappa shape index (κ2) is 50.6. The first-order chi connectivity index (χ1) is 62.9. The second-order valence-corrected chi connectivity index (χ2v) is 36.5. The summed E-state index contributed by atoms with van der Waals surface area (Å²) in [6, 6.07) is 6.34. The summed E-state index contributed by atoms with van der Waals surface area (Å²) < 4.78 is 79.6. The molecule has 0 radical (unpaired) electrons. The molecule has 0 spiro atoms. The predicted molar refractivity (Wildman–Crippen MR) is 488 cm³/mol. The number of benzene rings is 3. The van der Waals surface area contributed by atoms with Crippen LogP contribution in [0.25, 0.3) is 0 Å². The maximum atomic E-state index is 14.7. The van der Waals surface area contributed by atoms with Crippen LogP contribution < -0.4 is 63.1 Å². The van der Waals surface area contributed by atoms with Gasteiger partial charge in [0.15, 0.2) is 41.8 Å². The molecule has 0 saturated carbocycles. The van der Waals surface area contributed by atoms with E-state index >= 15 is 0 Å². The third-order valence-electron chi connectivity index (χ3n) is 22.5. The summed E-state index contributed by atoms with van der Waals surface area (Å²) in [7, 11) is 8.72. The number of urea groups is 1. The van der Waals surface area contributed by atoms with E-state index in [1.54, 1.807) is 90.9 Å². The highest BCUT2D eigenvalue weighted by molar-refractivity contribution is 14.1. The van der Waals surface area contributed by atoms with E-state index < -0.39 is 210 Å². The average Bonchev–Trinajstić information content (AvgIpc) is 0.755. The number of thioether (sulfide) groups is 1. The van der Waals surface area contributed by atoms with Gasteiger partial charge in [-0.15, -0.1) is 0 Å². The Morgan fingerprint density at radius 3 is 2.12 bits per heavy atom. The number of ketones is 1. The largest absolute Gasteiger partial charge is 0.492 e. The third-order valence-corrected chi connectivity index (χ3v) is 27.4. The number of allylic oxidation sites excluding steroid dienone is 3. The van der Waals surface area contributed by atoms with Crippen molar-refractivity contribution in [3.05, 3.63) is 109 Å². The number of carboxylic acids is 1. The van der Waals surface area contributed by atoms with Crippen molar-refractivity contribution in [3.63, 3.8) is 0 Å². The van der Waals surface area contributed by atoms with E-state index in [1.807, 2.05) is 22.6 Å². The van der Waals surface area contributed by atoms with E-state index in [4.69, 9.17) is 77.9 Å². The van der Waals surface area contributed by atoms with Gasteiger partial charge in [0, 0.05) is 74.6 Å². The number of carbonyl (C=O) groups is 10. The normalized spacial score (nSPS) is 27.3. The number of anilines is 1. The van der Waals surface area contributed by atoms with Crippen LogP contribution in [0.4, 0.5) is 20.1 Å². The van der Waals surface area contributed by atoms with E-state index in [0.29, 0.717) is 39.0 Å². The molecule has 17 N–H and O–H groups in total. The summed E-state index contributed by atoms with van der Waals surface area (Å²) >= 11 is 2.73. The van der Waals surface area contributed by atoms with E-state index in [9.17, 15) is 78.6 Å². The second-order valence-electron chi connectivity index (χ2n) is 31.9. The number of alkyl carbamates (subject to hydrolysis) is 1. The number of carbonyl (C=O) groups excluding carboxylic acids is 9. The number of hydrogen-bond donors (Lipinski definition) is 15. The molecule has 724 valence electrons. The number of methoxy groups -OCH3 is 5. The number of ether oxygens (including phenoxy) is 13. The highest BCUT2D eigenvalue weighted by atomic mass is 127. The number of likely N-dealkylation sites (N-methyl/N-ethyl adjacent to an activating group) is 1. The van der Waals surface area contributed by atoms with Gasteiger partial charge >= 0.3 is 24.2 Å². The van der Waals surface area contributed by atoms with Gasteiger partial charge in [0.25, 0.3) is 0 Å². The molecular weight excluding hydrogens is 1900 g/mol. The first-order valence-corrected chi connectivity index (χ1v) is 46.9. The predicted octanol–water partition coefficient (Wildman–Crippen LogP) is 4.37. The number of halogens is 1. The number of unbranched alkanes of at least 4 members (excludes halogenated alkanes) is 1. The molecule has 44 heteroatoms. The molecule has 4 aliphatic heterocycles. The minimum absolute atomic E-state index is 0.00304. The number of amides is 8. The first kappa shape index (κ1) is 107. The van der Waals surface area contributed by atoms with E-state index in [1.165, 1.54) is 64.6 Å². The number of primary amides is 1. The molecule has 9 rings (SSSR count). The summed E-state index contributed by atoms with van der Waals surface area (Å²) in [5.74, 6) is 6.46. The first-order valence-electron chi connectivity index (χ1n) is 42.7. The molecule has 2 aliphatic carbocycles. The van der Waals surface area contributed by atoms with Crippen molar-refractivity contribution in [2.75, 3.05) is 72.9 Å². The third kappa shape index (κ3) is 27.7. The fraction of sp³-hybridized carbons (Fsp3) is 0.568. The van der Waals surface area contributed by atoms with Crippen LogP contribution in [0.1, 0.15) is 132 Å². The Labute approximate surface area is 789 Å². The van der Waals surface area contributed by atoms with Gasteiger partial charge in [0.1, 0.15) is 61.4 Å². The molecule has 22 atom stereocenters. The number of nitrogens with two attached hydrogens (primary N) is 2. The average molecular weight is 2020 g/mol. The Balaban J connectivity index is 0.937. The van der Waals surface area contributed by atoms with Gasteiger partial charge in [0.2, 0.25) is 40.8 Å². The molecule has 4 saturated heterocycles. The number of carboxylic acid groups (broad SMARTS) is 1. The molecular formula is C88H117IN10O30S3. The zero-order chi connectivity index (χ0) is 96.5. The molecule has 8 amide bonds. The fourth-order valence-corrected chi connectivity index (χ4v) is 19.3. The Hall–Kier alpha value is -8.96. The molecule has 0 aromatic heterocycles. The minimum atomic E-state index is -2.30. The summed E-state index contributed by atoms with van der Waals surface area (Å²) in [5, 5.41) is 83.9. The fourth-order valence-electron chi connectivity index (χ4n) is 15.5. The molecule has 3 aromatic carbocycles. The standard InChI is InChI=1S/C88H117IN10O30S3/c1-14-99(87(114)122-41-49-29-31-50(32-30-49)94-78(106)54(26-23-36-92-85(91)112)95-80(108)66(43(2)3)96-79(107)53(93-48(8)100)25-20-22-35-90)55-42-121-61(39-59(55)116-9)127-75-70(104)67(98-129-62-38-56(101)77(47(7)123-62)131-82(111)63-44(4)65(89)73(76(119-12)72(63)117-10)128-83-71(105)74(118-11)69(103)46(6)125-83)45(5)124-84(75)126-58-27-17-15-16-21-34-88(115)40-57(102)68(97-86(113)120-13)64(58)52(88)33-37-130-132-60-28-19-18-24-51(60)81(109)110/h15-16,18-19,24,28-33,43,45-47,53-56,58-59,61-62,66-67,69-71,74-75,77,83-84,98,101,103-105,115H,14,20,22-23,25-26,35-42,90H2,1-13H3,(H,93,100)(H,94,106)(H,95,108)(H,96,107)(H,97,113)(H,109,110)(H3,91,92,112)/b16-15?,52-33+/t45-,46+,47-,53+,54+,55+,56+,58+,59+,61+,62+,66+,67-,69+,70+,71-,74-,75-,77-,83+,84+,88+/m1/s1. The minimum Gasteiger partial charge on any atom is -0.492 e. The number of hydrogen-bond acceptors (Lipinski definition) is 34. The zero-order valence-electron chi connectivity index (χ0n) is 75.1. The molecule has 3 aromatic rings. The van der Waals surface area contributed by atoms with Crippen molar-refractivity contribution in [1.29, 1.82) is 0 Å². The zero-order valence-corrected chi connectivity index (χ0v) is 79.7. The lowest BCUT2D eigenvalue weighted by atomic mass is 9.75. The van der Waals surface area contributed by atoms with Crippen molar-refractivity contribution in [2.24, 2.45) is 17.4 Å². The van der Waals surface area contributed by atoms with Crippen molar-refractivity contribution >= 4 is 120 Å². The van der Waals surface area contributed by atoms with Gasteiger partial charge in [-0.1, -0.05) is 101 Å². The van der Waals surface area contributed by atoms with Crippen LogP contribution in [-0.2, 0) is 82.8 Å². The lowest BCUT2D eigenvalue weighted by Crippen LogP contribution is -2.65. The maximum absolute atomic E-state index is 14.7. The molecule has 132 heavy (non-hydrogen) atoms. The van der Waals surface area contributed by atoms with Crippen molar-refractivity contribution < 1.29 is 145 Å². The summed E-state index contributed by atoms with van der Waals surface area (Å²) in [4.78, 5) is 142. The Morgan fingerprint density at radius 1 is 0.773 bits per heavy atom. The van der Waals surface area contributed by atoms with Gasteiger partial charge in [-0.2, -0.15) is 5.48 Å². The van der Waals surface area contributed by atoms with Crippen molar-refractivity contribution in [2.45, 2.75) is 252 Å². The van der Waals surface area contributed by atoms with Crippen molar-refractivity contribution in [3.8, 4) is 40.9 Å². The quantitative estimate of drug-likeness (QED) is 0.0123. The topological polar surface area (TPSA) is 561 Å². The van der Waals surface area contributed by atoms with Crippen LogP contribution in [0.2, 0.25) is 0 Å². The van der Waals surface area contributed by atoms with Crippen LogP contribution in [0.15, 0.2) is 88.5 Å². The number of hydroxylamine groups is 1. The van der Waals surface area contributed by atoms with Crippen LogP contribution in [0.3, 0.4) is 0 Å². The summed E-state index contributed by atoms with van der Waals surface area (Å²) in [6.45, 7) is 12.7. The van der Waals surface area contributed by atoms with Gasteiger partial charge in [0.05, 0.1) is 103 Å². The van der Waals surface area contributed by atoms with Gasteiger partial charge in [-0.3, -0.25) is 38.9 Å². The number of aliphatic hydroxyl groups is 5. The van der Waals surface area contributed by atoms with E-state index in [0.717, 1.165) is 40.5 Å². The van der Waals surface area contributed by atoms with Crippen molar-refractivity contribution in [1.82, 2.24) is 37.0 Å². The molecule has 4 fully saturated rings. The highest BCUT2D eigenvalue weighted by Gasteiger charge is 2.53.